The van der Waals surface area contributed by atoms with Crippen LogP contribution in [0.4, 0.5) is 0 Å². The van der Waals surface area contributed by atoms with Crippen molar-refractivity contribution in [3.05, 3.63) is 48.0 Å². The molecule has 0 aliphatic rings. The molecule has 2 rings (SSSR count). The maximum atomic E-state index is 12.8. The van der Waals surface area contributed by atoms with Gasteiger partial charge in [-0.2, -0.15) is 12.6 Å². The minimum Gasteiger partial charge on any atom is -0.308 e. The monoisotopic (exact) mass is 310 g/mol. The van der Waals surface area contributed by atoms with Gasteiger partial charge in [0.25, 0.3) is 0 Å². The Morgan fingerprint density at radius 1 is 1.05 bits per heavy atom. The Morgan fingerprint density at radius 3 is 2.30 bits per heavy atom. The van der Waals surface area contributed by atoms with Crippen LogP contribution in [0.25, 0.3) is 10.8 Å². The first-order valence-electron chi connectivity index (χ1n) is 6.67. The van der Waals surface area contributed by atoms with Crippen molar-refractivity contribution >= 4 is 31.0 Å². The first kappa shape index (κ1) is 15.6. The van der Waals surface area contributed by atoms with Gasteiger partial charge < -0.3 is 9.05 Å². The van der Waals surface area contributed by atoms with Crippen molar-refractivity contribution in [3.8, 4) is 0 Å². The molecule has 0 aliphatic carbocycles. The fraction of sp³-hybridized carbons (Fsp3) is 0.333. The van der Waals surface area contributed by atoms with Crippen LogP contribution >= 0.6 is 20.2 Å². The molecule has 0 amide bonds. The normalized spacial score (nSPS) is 13.6. The zero-order chi connectivity index (χ0) is 14.6. The van der Waals surface area contributed by atoms with Crippen LogP contribution in [0.15, 0.2) is 42.5 Å². The third-order valence-corrected chi connectivity index (χ3v) is 6.26. The molecule has 2 aromatic rings. The Kier molecular flexibility index (Phi) is 5.28. The number of thiol groups is 1. The van der Waals surface area contributed by atoms with Crippen molar-refractivity contribution in [1.29, 1.82) is 0 Å². The van der Waals surface area contributed by atoms with Crippen LogP contribution in [0.2, 0.25) is 0 Å². The topological polar surface area (TPSA) is 35.5 Å². The fourth-order valence-electron chi connectivity index (χ4n) is 2.18. The van der Waals surface area contributed by atoms with E-state index in [0.717, 1.165) is 16.3 Å². The number of benzene rings is 2. The molecule has 0 bridgehead atoms. The largest absolute Gasteiger partial charge is 0.347 e. The smallest absolute Gasteiger partial charge is 0.308 e. The van der Waals surface area contributed by atoms with E-state index in [1.54, 1.807) is 13.8 Å². The predicted octanol–water partition coefficient (Wildman–Crippen LogP) is 5.03. The summed E-state index contributed by atoms with van der Waals surface area (Å²) in [5.74, 6) is 0. The van der Waals surface area contributed by atoms with Gasteiger partial charge >= 0.3 is 7.60 Å². The SMILES string of the molecule is CCOP(=O)(OCC)C(S)c1cccc2ccccc12. The van der Waals surface area contributed by atoms with Crippen LogP contribution in [-0.2, 0) is 13.6 Å². The molecule has 2 aromatic carbocycles. The first-order chi connectivity index (χ1) is 9.62. The van der Waals surface area contributed by atoms with Crippen LogP contribution in [0, 0.1) is 0 Å². The van der Waals surface area contributed by atoms with E-state index < -0.39 is 12.6 Å². The lowest BCUT2D eigenvalue weighted by molar-refractivity contribution is 0.218. The van der Waals surface area contributed by atoms with Crippen molar-refractivity contribution in [1.82, 2.24) is 0 Å². The number of fused-ring (bicyclic) bond motifs is 1. The highest BCUT2D eigenvalue weighted by molar-refractivity contribution is 7.89. The zero-order valence-corrected chi connectivity index (χ0v) is 13.4. The van der Waals surface area contributed by atoms with E-state index in [1.807, 2.05) is 42.5 Å². The number of hydrogen-bond donors (Lipinski definition) is 1. The molecule has 1 unspecified atom stereocenters. The summed E-state index contributed by atoms with van der Waals surface area (Å²) in [5, 5.41) is 2.11. The van der Waals surface area contributed by atoms with Gasteiger partial charge in [0.1, 0.15) is 4.99 Å². The van der Waals surface area contributed by atoms with Crippen LogP contribution in [0.5, 0.6) is 0 Å². The van der Waals surface area contributed by atoms with E-state index in [4.69, 9.17) is 9.05 Å². The summed E-state index contributed by atoms with van der Waals surface area (Å²) in [6.07, 6.45) is 0. The highest BCUT2D eigenvalue weighted by Crippen LogP contribution is 2.63. The van der Waals surface area contributed by atoms with Crippen LogP contribution in [0.3, 0.4) is 0 Å². The quantitative estimate of drug-likeness (QED) is 0.600. The van der Waals surface area contributed by atoms with E-state index in [0.29, 0.717) is 13.2 Å². The lowest BCUT2D eigenvalue weighted by Gasteiger charge is -2.23. The van der Waals surface area contributed by atoms with Gasteiger partial charge in [0.15, 0.2) is 0 Å². The van der Waals surface area contributed by atoms with Crippen molar-refractivity contribution in [2.45, 2.75) is 18.8 Å². The Bertz CT molecular complexity index is 614. The molecule has 0 N–H and O–H groups in total. The molecule has 0 radical (unpaired) electrons. The Hall–Kier alpha value is -0.800. The summed E-state index contributed by atoms with van der Waals surface area (Å²) in [7, 11) is -3.27. The fourth-order valence-corrected chi connectivity index (χ4v) is 4.45. The highest BCUT2D eigenvalue weighted by atomic mass is 32.1. The van der Waals surface area contributed by atoms with Crippen LogP contribution in [0.1, 0.15) is 24.4 Å². The first-order valence-corrected chi connectivity index (χ1v) is 8.79. The lowest BCUT2D eigenvalue weighted by atomic mass is 10.1. The second-order valence-corrected chi connectivity index (χ2v) is 7.35. The Morgan fingerprint density at radius 2 is 1.65 bits per heavy atom. The number of rotatable bonds is 6. The molecule has 0 aromatic heterocycles. The molecular formula is C15H19O3PS. The predicted molar refractivity (Wildman–Crippen MR) is 86.5 cm³/mol. The molecule has 108 valence electrons. The number of hydrogen-bond acceptors (Lipinski definition) is 4. The average molecular weight is 310 g/mol. The molecule has 1 atom stereocenters. The zero-order valence-electron chi connectivity index (χ0n) is 11.7. The lowest BCUT2D eigenvalue weighted by Crippen LogP contribution is -2.02. The third-order valence-electron chi connectivity index (χ3n) is 3.02. The van der Waals surface area contributed by atoms with E-state index in [1.165, 1.54) is 0 Å². The van der Waals surface area contributed by atoms with Gasteiger partial charge in [0, 0.05) is 0 Å². The van der Waals surface area contributed by atoms with E-state index in [9.17, 15) is 4.57 Å². The third kappa shape index (κ3) is 3.09. The maximum Gasteiger partial charge on any atom is 0.347 e. The van der Waals surface area contributed by atoms with Gasteiger partial charge in [0.2, 0.25) is 0 Å². The molecule has 0 aliphatic heterocycles. The molecule has 5 heteroatoms. The van der Waals surface area contributed by atoms with Crippen LogP contribution in [-0.4, -0.2) is 13.2 Å². The molecular weight excluding hydrogens is 291 g/mol. The minimum absolute atomic E-state index is 0.332. The summed E-state index contributed by atoms with van der Waals surface area (Å²) in [5.41, 5.74) is 0.872. The van der Waals surface area contributed by atoms with Crippen LogP contribution < -0.4 is 0 Å². The van der Waals surface area contributed by atoms with Gasteiger partial charge in [-0.15, -0.1) is 0 Å². The van der Waals surface area contributed by atoms with Crippen molar-refractivity contribution in [2.24, 2.45) is 0 Å². The Balaban J connectivity index is 2.49. The van der Waals surface area contributed by atoms with Crippen molar-refractivity contribution in [3.63, 3.8) is 0 Å². The van der Waals surface area contributed by atoms with Gasteiger partial charge in [-0.25, -0.2) is 0 Å². The summed E-state index contributed by atoms with van der Waals surface area (Å²) in [6.45, 7) is 4.27. The van der Waals surface area contributed by atoms with Gasteiger partial charge in [0.05, 0.1) is 13.2 Å². The standard InChI is InChI=1S/C15H19O3PS/c1-3-17-19(16,18-4-2)15(20)14-11-7-9-12-8-5-6-10-13(12)14/h5-11,15,20H,3-4H2,1-2H3. The van der Waals surface area contributed by atoms with E-state index in [2.05, 4.69) is 12.6 Å². The van der Waals surface area contributed by atoms with Crippen molar-refractivity contribution in [2.75, 3.05) is 13.2 Å². The van der Waals surface area contributed by atoms with Gasteiger partial charge in [-0.05, 0) is 30.2 Å². The molecule has 0 saturated heterocycles. The van der Waals surface area contributed by atoms with Gasteiger partial charge in [-0.1, -0.05) is 42.5 Å². The maximum absolute atomic E-state index is 12.8. The summed E-state index contributed by atoms with van der Waals surface area (Å²) in [4.78, 5) is -0.589. The molecule has 0 fully saturated rings. The molecule has 0 saturated carbocycles. The summed E-state index contributed by atoms with van der Waals surface area (Å²) < 4.78 is 23.6. The van der Waals surface area contributed by atoms with Gasteiger partial charge in [-0.3, -0.25) is 4.57 Å². The Labute approximate surface area is 125 Å². The summed E-state index contributed by atoms with van der Waals surface area (Å²) in [6, 6.07) is 13.8. The molecule has 0 spiro atoms. The van der Waals surface area contributed by atoms with E-state index >= 15 is 0 Å². The molecule has 0 heterocycles. The second-order valence-electron chi connectivity index (χ2n) is 4.32. The highest BCUT2D eigenvalue weighted by Gasteiger charge is 2.34. The van der Waals surface area contributed by atoms with E-state index in [-0.39, 0.29) is 0 Å². The summed E-state index contributed by atoms with van der Waals surface area (Å²) >= 11 is 4.53. The molecule has 20 heavy (non-hydrogen) atoms. The minimum atomic E-state index is -3.27. The van der Waals surface area contributed by atoms with Crippen molar-refractivity contribution < 1.29 is 13.6 Å². The average Bonchev–Trinajstić information content (AvgIpc) is 2.46. The second kappa shape index (κ2) is 6.77. The molecule has 3 nitrogen and oxygen atoms in total.